The van der Waals surface area contributed by atoms with Crippen LogP contribution in [0.5, 0.6) is 5.75 Å². The van der Waals surface area contributed by atoms with Gasteiger partial charge < -0.3 is 5.11 Å². The lowest BCUT2D eigenvalue weighted by Crippen LogP contribution is -2.22. The van der Waals surface area contributed by atoms with Gasteiger partial charge in [0.15, 0.2) is 4.32 Å². The molecule has 2 aromatic rings. The molecule has 2 aromatic carbocycles. The third-order valence-electron chi connectivity index (χ3n) is 3.48. The summed E-state index contributed by atoms with van der Waals surface area (Å²) in [6.45, 7) is 0. The van der Waals surface area contributed by atoms with Gasteiger partial charge in [0.1, 0.15) is 5.75 Å². The number of thioether (sulfide) groups is 1. The van der Waals surface area contributed by atoms with Crippen LogP contribution in [-0.2, 0) is 4.79 Å². The number of hydrazone groups is 1. The summed E-state index contributed by atoms with van der Waals surface area (Å²) >= 11 is 9.57. The fourth-order valence-electron chi connectivity index (χ4n) is 2.15. The number of nitro benzene ring substituents is 1. The number of benzene rings is 2. The van der Waals surface area contributed by atoms with E-state index in [9.17, 15) is 20.0 Å². The summed E-state index contributed by atoms with van der Waals surface area (Å²) in [4.78, 5) is 23.1. The SMILES string of the molecule is O=C1C(=Cc2ccc([N+](=O)[O-])cc2)SC(=S)N1N=Cc1cc(Br)ccc1O. The highest BCUT2D eigenvalue weighted by Crippen LogP contribution is 2.33. The zero-order valence-corrected chi connectivity index (χ0v) is 16.6. The molecular weight excluding hydrogens is 454 g/mol. The Morgan fingerprint density at radius 2 is 1.96 bits per heavy atom. The molecule has 3 rings (SSSR count). The van der Waals surface area contributed by atoms with Crippen molar-refractivity contribution < 1.29 is 14.8 Å². The topological polar surface area (TPSA) is 96.0 Å². The highest BCUT2D eigenvalue weighted by molar-refractivity contribution is 9.10. The van der Waals surface area contributed by atoms with E-state index in [1.54, 1.807) is 30.3 Å². The maximum Gasteiger partial charge on any atom is 0.286 e. The molecule has 136 valence electrons. The van der Waals surface area contributed by atoms with E-state index in [-0.39, 0.29) is 15.8 Å². The van der Waals surface area contributed by atoms with Crippen molar-refractivity contribution in [3.05, 3.63) is 73.1 Å². The van der Waals surface area contributed by atoms with Crippen molar-refractivity contribution in [3.8, 4) is 5.75 Å². The number of halogens is 1. The van der Waals surface area contributed by atoms with Crippen molar-refractivity contribution in [2.45, 2.75) is 0 Å². The molecule has 1 aliphatic heterocycles. The van der Waals surface area contributed by atoms with Crippen LogP contribution in [0.25, 0.3) is 6.08 Å². The van der Waals surface area contributed by atoms with E-state index in [0.717, 1.165) is 21.2 Å². The van der Waals surface area contributed by atoms with Crippen LogP contribution >= 0.6 is 39.9 Å². The van der Waals surface area contributed by atoms with E-state index < -0.39 is 10.8 Å². The van der Waals surface area contributed by atoms with Gasteiger partial charge in [-0.1, -0.05) is 27.7 Å². The number of carbonyl (C=O) groups is 1. The first-order chi connectivity index (χ1) is 12.8. The minimum atomic E-state index is -0.491. The lowest BCUT2D eigenvalue weighted by Gasteiger charge is -2.06. The molecule has 1 saturated heterocycles. The molecule has 1 aliphatic rings. The van der Waals surface area contributed by atoms with Crippen molar-refractivity contribution in [2.24, 2.45) is 5.10 Å². The molecule has 0 aromatic heterocycles. The van der Waals surface area contributed by atoms with Crippen LogP contribution in [0.15, 0.2) is 56.9 Å². The van der Waals surface area contributed by atoms with Gasteiger partial charge >= 0.3 is 0 Å². The average molecular weight is 464 g/mol. The summed E-state index contributed by atoms with van der Waals surface area (Å²) in [6, 6.07) is 10.7. The molecule has 0 spiro atoms. The number of non-ortho nitro benzene ring substituents is 1. The number of phenols is 1. The summed E-state index contributed by atoms with van der Waals surface area (Å²) in [5.74, 6) is -0.386. The number of carbonyl (C=O) groups excluding carboxylic acids is 1. The Labute approximate surface area is 171 Å². The van der Waals surface area contributed by atoms with Crippen molar-refractivity contribution >= 4 is 68.1 Å². The number of phenolic OH excluding ortho intramolecular Hbond substituents is 1. The zero-order chi connectivity index (χ0) is 19.6. The van der Waals surface area contributed by atoms with E-state index in [2.05, 4.69) is 21.0 Å². The monoisotopic (exact) mass is 463 g/mol. The molecule has 1 fully saturated rings. The number of nitro groups is 1. The zero-order valence-electron chi connectivity index (χ0n) is 13.4. The quantitative estimate of drug-likeness (QED) is 0.238. The molecule has 10 heteroatoms. The van der Waals surface area contributed by atoms with Gasteiger partial charge in [0.05, 0.1) is 16.0 Å². The lowest BCUT2D eigenvalue weighted by molar-refractivity contribution is -0.384. The molecule has 0 bridgehead atoms. The first-order valence-electron chi connectivity index (χ1n) is 7.40. The van der Waals surface area contributed by atoms with Gasteiger partial charge in [0, 0.05) is 22.2 Å². The molecule has 0 unspecified atom stereocenters. The first-order valence-corrected chi connectivity index (χ1v) is 9.42. The van der Waals surface area contributed by atoms with Crippen LogP contribution in [0, 0.1) is 10.1 Å². The van der Waals surface area contributed by atoms with E-state index in [1.807, 2.05) is 0 Å². The van der Waals surface area contributed by atoms with E-state index >= 15 is 0 Å². The van der Waals surface area contributed by atoms with Crippen LogP contribution in [0.2, 0.25) is 0 Å². The second-order valence-corrected chi connectivity index (χ2v) is 7.88. The number of amides is 1. The fraction of sp³-hybridized carbons (Fsp3) is 0. The Morgan fingerprint density at radius 1 is 1.26 bits per heavy atom. The molecule has 1 heterocycles. The van der Waals surface area contributed by atoms with Gasteiger partial charge in [0.2, 0.25) is 0 Å². The van der Waals surface area contributed by atoms with Gasteiger partial charge in [-0.3, -0.25) is 14.9 Å². The van der Waals surface area contributed by atoms with Crippen LogP contribution in [0.4, 0.5) is 5.69 Å². The smallest absolute Gasteiger partial charge is 0.286 e. The number of rotatable bonds is 4. The van der Waals surface area contributed by atoms with Gasteiger partial charge in [-0.05, 0) is 54.2 Å². The third kappa shape index (κ3) is 4.41. The Bertz CT molecular complexity index is 1010. The Kier molecular flexibility index (Phi) is 5.68. The minimum Gasteiger partial charge on any atom is -0.507 e. The minimum absolute atomic E-state index is 0.0220. The van der Waals surface area contributed by atoms with Crippen molar-refractivity contribution in [2.75, 3.05) is 0 Å². The lowest BCUT2D eigenvalue weighted by atomic mass is 10.2. The Balaban J connectivity index is 1.81. The number of nitrogens with zero attached hydrogens (tertiary/aromatic N) is 3. The summed E-state index contributed by atoms with van der Waals surface area (Å²) in [6.07, 6.45) is 2.94. The van der Waals surface area contributed by atoms with E-state index in [1.165, 1.54) is 24.4 Å². The van der Waals surface area contributed by atoms with Crippen LogP contribution in [-0.4, -0.2) is 31.5 Å². The standard InChI is InChI=1S/C17H10BrN3O4S2/c18-12-3-6-14(22)11(8-12)9-19-20-16(23)15(27-17(20)26)7-10-1-4-13(5-2-10)21(24)25/h1-9,22H. The Hall–Kier alpha value is -2.56. The molecule has 0 aliphatic carbocycles. The second-order valence-electron chi connectivity index (χ2n) is 5.29. The molecule has 0 saturated carbocycles. The predicted octanol–water partition coefficient (Wildman–Crippen LogP) is 4.30. The summed E-state index contributed by atoms with van der Waals surface area (Å²) in [7, 11) is 0. The molecule has 1 amide bonds. The Morgan fingerprint density at radius 3 is 2.63 bits per heavy atom. The normalized spacial score (nSPS) is 15.9. The largest absolute Gasteiger partial charge is 0.507 e. The van der Waals surface area contributed by atoms with Gasteiger partial charge in [-0.25, -0.2) is 0 Å². The number of aromatic hydroxyl groups is 1. The van der Waals surface area contributed by atoms with Crippen LogP contribution < -0.4 is 0 Å². The number of hydrogen-bond donors (Lipinski definition) is 1. The molecule has 0 atom stereocenters. The third-order valence-corrected chi connectivity index (χ3v) is 5.25. The number of hydrogen-bond acceptors (Lipinski definition) is 7. The average Bonchev–Trinajstić information content (AvgIpc) is 2.89. The van der Waals surface area contributed by atoms with E-state index in [0.29, 0.717) is 16.0 Å². The van der Waals surface area contributed by atoms with Crippen LogP contribution in [0.3, 0.4) is 0 Å². The van der Waals surface area contributed by atoms with Crippen molar-refractivity contribution in [1.82, 2.24) is 5.01 Å². The highest BCUT2D eigenvalue weighted by Gasteiger charge is 2.32. The maximum atomic E-state index is 12.5. The highest BCUT2D eigenvalue weighted by atomic mass is 79.9. The molecule has 27 heavy (non-hydrogen) atoms. The molecule has 1 N–H and O–H groups in total. The van der Waals surface area contributed by atoms with E-state index in [4.69, 9.17) is 12.2 Å². The molecule has 7 nitrogen and oxygen atoms in total. The summed E-state index contributed by atoms with van der Waals surface area (Å²) in [5.41, 5.74) is 1.03. The van der Waals surface area contributed by atoms with Gasteiger partial charge in [-0.15, -0.1) is 0 Å². The van der Waals surface area contributed by atoms with Crippen LogP contribution in [0.1, 0.15) is 11.1 Å². The fourth-order valence-corrected chi connectivity index (χ4v) is 3.70. The maximum absolute atomic E-state index is 12.5. The first kappa shape index (κ1) is 19.2. The molecular formula is C17H10BrN3O4S2. The molecule has 0 radical (unpaired) electrons. The summed E-state index contributed by atoms with van der Waals surface area (Å²) < 4.78 is 1.00. The summed E-state index contributed by atoms with van der Waals surface area (Å²) in [5, 5.41) is 25.7. The second kappa shape index (κ2) is 7.99. The van der Waals surface area contributed by atoms with Crippen molar-refractivity contribution in [3.63, 3.8) is 0 Å². The predicted molar refractivity (Wildman–Crippen MR) is 112 cm³/mol. The van der Waals surface area contributed by atoms with Gasteiger partial charge in [0.25, 0.3) is 11.6 Å². The number of thiocarbonyl (C=S) groups is 1. The van der Waals surface area contributed by atoms with Gasteiger partial charge in [-0.2, -0.15) is 10.1 Å². The van der Waals surface area contributed by atoms with Crippen molar-refractivity contribution in [1.29, 1.82) is 0 Å².